The van der Waals surface area contributed by atoms with Crippen LogP contribution in [0.5, 0.6) is 0 Å². The van der Waals surface area contributed by atoms with Gasteiger partial charge in [-0.05, 0) is 0 Å². The van der Waals surface area contributed by atoms with Gasteiger partial charge in [-0.1, -0.05) is 0 Å². The molecule has 0 amide bonds. The van der Waals surface area contributed by atoms with Crippen molar-refractivity contribution < 1.29 is 61.4 Å². The Morgan fingerprint density at radius 3 is 2.35 bits per heavy atom. The number of ether oxygens (including phenoxy) is 1. The maximum absolute atomic E-state index is 11.8. The minimum absolute atomic E-state index is 0.0426. The summed E-state index contributed by atoms with van der Waals surface area (Å²) in [5, 5.41) is 20.4. The second-order valence-electron chi connectivity index (χ2n) is 6.02. The lowest BCUT2D eigenvalue weighted by Gasteiger charge is -2.19. The maximum atomic E-state index is 11.8. The Morgan fingerprint density at radius 1 is 1.03 bits per heavy atom. The first kappa shape index (κ1) is 24.3. The number of phosphoric ester groups is 1. The van der Waals surface area contributed by atoms with Crippen LogP contribution in [0, 0.1) is 0 Å². The summed E-state index contributed by atoms with van der Waals surface area (Å²) in [4.78, 5) is 47.2. The van der Waals surface area contributed by atoms with E-state index >= 15 is 0 Å². The summed E-state index contributed by atoms with van der Waals surface area (Å²) in [6.07, 6.45) is -3.69. The minimum atomic E-state index is -5.70. The van der Waals surface area contributed by atoms with Gasteiger partial charge in [-0.2, -0.15) is 8.62 Å². The first-order valence-corrected chi connectivity index (χ1v) is 12.4. The van der Waals surface area contributed by atoms with Gasteiger partial charge in [0.25, 0.3) is 0 Å². The first-order valence-electron chi connectivity index (χ1n) is 7.92. The van der Waals surface area contributed by atoms with Gasteiger partial charge in [0.15, 0.2) is 17.7 Å². The quantitative estimate of drug-likeness (QED) is 0.197. The van der Waals surface area contributed by atoms with Gasteiger partial charge < -0.3 is 40.3 Å². The van der Waals surface area contributed by atoms with Gasteiger partial charge in [-0.15, -0.1) is 0 Å². The highest BCUT2D eigenvalue weighted by Gasteiger charge is 2.47. The van der Waals surface area contributed by atoms with Crippen LogP contribution in [0.3, 0.4) is 0 Å². The molecule has 8 N–H and O–H groups in total. The molecule has 21 heteroatoms. The van der Waals surface area contributed by atoms with E-state index in [9.17, 15) is 28.8 Å². The summed E-state index contributed by atoms with van der Waals surface area (Å²) >= 11 is 0. The van der Waals surface area contributed by atoms with Crippen LogP contribution in [-0.2, 0) is 31.6 Å². The number of aliphatic hydroxyl groups excluding tert-OH is 2. The third kappa shape index (κ3) is 5.71. The average Bonchev–Trinajstić information content (AvgIpc) is 3.13. The summed E-state index contributed by atoms with van der Waals surface area (Å²) in [5.74, 6) is 0.0426. The van der Waals surface area contributed by atoms with Crippen LogP contribution in [0.1, 0.15) is 6.23 Å². The van der Waals surface area contributed by atoms with Gasteiger partial charge in [0.05, 0.1) is 12.9 Å². The lowest BCUT2D eigenvalue weighted by atomic mass is 10.1. The maximum Gasteiger partial charge on any atom is 0.490 e. The molecule has 2 aromatic rings. The van der Waals surface area contributed by atoms with Gasteiger partial charge in [0.2, 0.25) is 0 Å². The van der Waals surface area contributed by atoms with Crippen molar-refractivity contribution in [1.29, 1.82) is 0 Å². The van der Waals surface area contributed by atoms with Crippen molar-refractivity contribution in [2.45, 2.75) is 24.5 Å². The molecular weight excluding hydrogens is 491 g/mol. The van der Waals surface area contributed by atoms with Gasteiger partial charge in [-0.25, -0.2) is 28.6 Å². The Morgan fingerprint density at radius 2 is 1.71 bits per heavy atom. The number of anilines is 1. The van der Waals surface area contributed by atoms with E-state index in [4.69, 9.17) is 25.2 Å². The molecule has 0 saturated carbocycles. The topological polar surface area (TPSA) is 279 Å². The first-order chi connectivity index (χ1) is 14.2. The van der Waals surface area contributed by atoms with E-state index in [1.54, 1.807) is 0 Å². The molecule has 4 unspecified atom stereocenters. The molecule has 3 heterocycles. The standard InChI is InChI=1S/C10H16N5O13P3/c11-8-5-9(13-2-12-8)15(3-14-5)10-7(17)6(16)4(26-10)1-25-30(21,22)28-31(23,24)27-29(18,19)20/h2-4,6-7,10,16-17H,1H2,(H,21,22)(H,23,24)(H2,11,12,13)(H2,18,19,20)/t4-,6?,7?,10-/m0/s1. The van der Waals surface area contributed by atoms with Crippen LogP contribution in [-0.4, -0.2) is 74.2 Å². The number of aliphatic hydroxyl groups is 2. The molecule has 0 radical (unpaired) electrons. The van der Waals surface area contributed by atoms with Crippen molar-refractivity contribution in [2.75, 3.05) is 12.3 Å². The van der Waals surface area contributed by atoms with Crippen molar-refractivity contribution in [3.05, 3.63) is 12.7 Å². The Hall–Kier alpha value is -1.36. The van der Waals surface area contributed by atoms with E-state index in [1.807, 2.05) is 0 Å². The minimum Gasteiger partial charge on any atom is -0.387 e. The Labute approximate surface area is 171 Å². The van der Waals surface area contributed by atoms with Crippen LogP contribution in [0.15, 0.2) is 12.7 Å². The number of nitrogen functional groups attached to an aromatic ring is 1. The Balaban J connectivity index is 1.69. The van der Waals surface area contributed by atoms with Crippen LogP contribution >= 0.6 is 23.5 Å². The third-order valence-electron chi connectivity index (χ3n) is 3.82. The fourth-order valence-electron chi connectivity index (χ4n) is 2.62. The van der Waals surface area contributed by atoms with E-state index in [-0.39, 0.29) is 17.0 Å². The van der Waals surface area contributed by atoms with E-state index in [2.05, 4.69) is 28.1 Å². The van der Waals surface area contributed by atoms with Crippen LogP contribution in [0.25, 0.3) is 11.2 Å². The highest BCUT2D eigenvalue weighted by atomic mass is 31.3. The number of nitrogens with two attached hydrogens (primary N) is 1. The number of nitrogens with zero attached hydrogens (tertiary/aromatic N) is 4. The summed E-state index contributed by atoms with van der Waals surface area (Å²) in [5.41, 5.74) is 6.00. The van der Waals surface area contributed by atoms with Crippen LogP contribution in [0.2, 0.25) is 0 Å². The molecule has 1 aliphatic rings. The molecule has 3 rings (SSSR count). The number of imidazole rings is 1. The van der Waals surface area contributed by atoms with Gasteiger partial charge in [0, 0.05) is 0 Å². The third-order valence-corrected chi connectivity index (χ3v) is 7.62. The molecule has 0 aromatic carbocycles. The van der Waals surface area contributed by atoms with E-state index in [0.29, 0.717) is 0 Å². The summed E-state index contributed by atoms with van der Waals surface area (Å²) in [6, 6.07) is 0. The number of fused-ring (bicyclic) bond motifs is 1. The molecule has 31 heavy (non-hydrogen) atoms. The average molecular weight is 507 g/mol. The van der Waals surface area contributed by atoms with E-state index < -0.39 is 54.6 Å². The zero-order chi connectivity index (χ0) is 23.2. The van der Waals surface area contributed by atoms with Crippen molar-refractivity contribution >= 4 is 40.4 Å². The summed E-state index contributed by atoms with van der Waals surface area (Å²) < 4.78 is 51.9. The van der Waals surface area contributed by atoms with Crippen LogP contribution < -0.4 is 5.73 Å². The fraction of sp³-hybridized carbons (Fsp3) is 0.500. The molecular formula is C10H16N5O13P3. The van der Waals surface area contributed by atoms with Gasteiger partial charge in [-0.3, -0.25) is 9.09 Å². The van der Waals surface area contributed by atoms with Gasteiger partial charge >= 0.3 is 23.5 Å². The van der Waals surface area contributed by atoms with Crippen molar-refractivity contribution in [1.82, 2.24) is 19.5 Å². The molecule has 1 aliphatic heterocycles. The highest BCUT2D eigenvalue weighted by Crippen LogP contribution is 2.66. The normalized spacial score (nSPS) is 28.5. The smallest absolute Gasteiger partial charge is 0.387 e. The molecule has 18 nitrogen and oxygen atoms in total. The zero-order valence-corrected chi connectivity index (χ0v) is 17.6. The molecule has 1 fully saturated rings. The zero-order valence-electron chi connectivity index (χ0n) is 14.9. The lowest BCUT2D eigenvalue weighted by Crippen LogP contribution is -2.33. The second-order valence-corrected chi connectivity index (χ2v) is 10.4. The molecule has 0 spiro atoms. The van der Waals surface area contributed by atoms with Crippen LogP contribution in [0.4, 0.5) is 5.82 Å². The number of phosphoric acid groups is 3. The molecule has 6 atom stereocenters. The molecule has 0 aliphatic carbocycles. The molecule has 0 bridgehead atoms. The van der Waals surface area contributed by atoms with Crippen molar-refractivity contribution in [2.24, 2.45) is 0 Å². The molecule has 174 valence electrons. The highest BCUT2D eigenvalue weighted by molar-refractivity contribution is 7.66. The number of rotatable bonds is 8. The number of hydrogen-bond acceptors (Lipinski definition) is 13. The lowest BCUT2D eigenvalue weighted by molar-refractivity contribution is -0.0503. The predicted octanol–water partition coefficient (Wildman–Crippen LogP) is -1.63. The Kier molecular flexibility index (Phi) is 6.68. The largest absolute Gasteiger partial charge is 0.490 e. The van der Waals surface area contributed by atoms with Crippen molar-refractivity contribution in [3.8, 4) is 0 Å². The van der Waals surface area contributed by atoms with E-state index in [0.717, 1.165) is 6.33 Å². The van der Waals surface area contributed by atoms with E-state index in [1.165, 1.54) is 10.9 Å². The summed E-state index contributed by atoms with van der Waals surface area (Å²) in [7, 11) is -16.7. The summed E-state index contributed by atoms with van der Waals surface area (Å²) in [6.45, 7) is -0.956. The number of aromatic nitrogens is 4. The SMILES string of the molecule is Nc1ncnc2c1ncn2[C@H]1O[C@@H](COP(=O)(O)OP(=O)(O)OP(=O)(O)O)C(O)C1O. The van der Waals surface area contributed by atoms with Crippen molar-refractivity contribution in [3.63, 3.8) is 0 Å². The molecule has 2 aromatic heterocycles. The fourth-order valence-corrected chi connectivity index (χ4v) is 5.65. The Bertz CT molecular complexity index is 1100. The second kappa shape index (κ2) is 8.53. The van der Waals surface area contributed by atoms with Gasteiger partial charge in [0.1, 0.15) is 30.2 Å². The predicted molar refractivity (Wildman–Crippen MR) is 95.5 cm³/mol. The monoisotopic (exact) mass is 507 g/mol. The number of hydrogen-bond donors (Lipinski definition) is 7. The molecule has 1 saturated heterocycles.